The summed E-state index contributed by atoms with van der Waals surface area (Å²) in [5, 5.41) is 3.07. The maximum Gasteiger partial charge on any atom is 0.270 e. The van der Waals surface area contributed by atoms with Crippen LogP contribution in [0.3, 0.4) is 0 Å². The highest BCUT2D eigenvalue weighted by atomic mass is 16.2. The van der Waals surface area contributed by atoms with Crippen molar-refractivity contribution < 1.29 is 9.59 Å². The molecule has 8 heteroatoms. The van der Waals surface area contributed by atoms with E-state index in [1.807, 2.05) is 60.3 Å². The lowest BCUT2D eigenvalue weighted by molar-refractivity contribution is -0.131. The summed E-state index contributed by atoms with van der Waals surface area (Å²) in [5.74, 6) is -0.0624. The van der Waals surface area contributed by atoms with Crippen LogP contribution < -0.4 is 10.2 Å². The van der Waals surface area contributed by atoms with Crippen LogP contribution in [0.5, 0.6) is 0 Å². The minimum absolute atomic E-state index is 0.0661. The van der Waals surface area contributed by atoms with Gasteiger partial charge in [-0.15, -0.1) is 0 Å². The fourth-order valence-electron chi connectivity index (χ4n) is 3.98. The zero-order valence-corrected chi connectivity index (χ0v) is 17.2. The molecule has 1 aliphatic rings. The number of aromatic nitrogens is 3. The number of carbonyl (C=O) groups excluding carboxylic acids is 2. The molecule has 156 valence electrons. The molecule has 0 bridgehead atoms. The number of carbonyl (C=O) groups is 2. The highest BCUT2D eigenvalue weighted by molar-refractivity contribution is 5.93. The van der Waals surface area contributed by atoms with Crippen molar-refractivity contribution in [2.24, 2.45) is 0 Å². The zero-order chi connectivity index (χ0) is 21.1. The Hall–Kier alpha value is -3.42. The fourth-order valence-corrected chi connectivity index (χ4v) is 3.98. The number of amides is 2. The number of hydrogen-bond donors (Lipinski definition) is 1. The standard InChI is InChI=1S/C22H26N6O2/c1-16-13-17(25-22(30)19-14-24-20-5-3-4-11-27(19)20)15-28(16)21(29)8-12-26(2)18-6-9-23-10-7-18/h3-7,9-11,14,16-17H,8,12-13,15H2,1-2H3,(H,25,30). The van der Waals surface area contributed by atoms with Crippen LogP contribution in [0.25, 0.3) is 5.65 Å². The van der Waals surface area contributed by atoms with Crippen molar-refractivity contribution in [2.45, 2.75) is 31.8 Å². The van der Waals surface area contributed by atoms with Crippen molar-refractivity contribution in [3.63, 3.8) is 0 Å². The monoisotopic (exact) mass is 406 g/mol. The average Bonchev–Trinajstić information content (AvgIpc) is 3.35. The van der Waals surface area contributed by atoms with Gasteiger partial charge in [0.15, 0.2) is 0 Å². The number of fused-ring (bicyclic) bond motifs is 1. The normalized spacial score (nSPS) is 18.5. The molecule has 3 aromatic heterocycles. The molecule has 0 radical (unpaired) electrons. The Morgan fingerprint density at radius 3 is 2.83 bits per heavy atom. The highest BCUT2D eigenvalue weighted by Crippen LogP contribution is 2.20. The molecule has 2 atom stereocenters. The summed E-state index contributed by atoms with van der Waals surface area (Å²) in [4.78, 5) is 37.7. The predicted molar refractivity (Wildman–Crippen MR) is 114 cm³/mol. The largest absolute Gasteiger partial charge is 0.374 e. The third-order valence-corrected chi connectivity index (χ3v) is 5.64. The number of rotatable bonds is 6. The van der Waals surface area contributed by atoms with Gasteiger partial charge < -0.3 is 15.1 Å². The van der Waals surface area contributed by atoms with E-state index >= 15 is 0 Å². The molecular weight excluding hydrogens is 380 g/mol. The van der Waals surface area contributed by atoms with Gasteiger partial charge in [-0.2, -0.15) is 0 Å². The molecule has 1 saturated heterocycles. The van der Waals surface area contributed by atoms with Crippen LogP contribution in [-0.2, 0) is 4.79 Å². The van der Waals surface area contributed by atoms with Crippen LogP contribution in [-0.4, -0.2) is 63.3 Å². The number of pyridine rings is 2. The topological polar surface area (TPSA) is 82.8 Å². The van der Waals surface area contributed by atoms with E-state index in [2.05, 4.69) is 15.3 Å². The predicted octanol–water partition coefficient (Wildman–Crippen LogP) is 1.97. The molecule has 1 aliphatic heterocycles. The molecule has 1 fully saturated rings. The van der Waals surface area contributed by atoms with E-state index in [1.54, 1.807) is 23.0 Å². The SMILES string of the molecule is CC1CC(NC(=O)c2cnc3ccccn23)CN1C(=O)CCN(C)c1ccncc1. The van der Waals surface area contributed by atoms with E-state index < -0.39 is 0 Å². The summed E-state index contributed by atoms with van der Waals surface area (Å²) in [7, 11) is 1.97. The van der Waals surface area contributed by atoms with E-state index in [9.17, 15) is 9.59 Å². The van der Waals surface area contributed by atoms with Gasteiger partial charge in [-0.05, 0) is 37.6 Å². The van der Waals surface area contributed by atoms with Gasteiger partial charge in [-0.1, -0.05) is 6.07 Å². The summed E-state index contributed by atoms with van der Waals surface area (Å²) < 4.78 is 1.77. The van der Waals surface area contributed by atoms with E-state index in [4.69, 9.17) is 0 Å². The Labute approximate surface area is 175 Å². The molecule has 30 heavy (non-hydrogen) atoms. The second-order valence-corrected chi connectivity index (χ2v) is 7.75. The summed E-state index contributed by atoms with van der Waals surface area (Å²) in [6.45, 7) is 3.19. The van der Waals surface area contributed by atoms with Crippen LogP contribution in [0, 0.1) is 0 Å². The van der Waals surface area contributed by atoms with Gasteiger partial charge in [0.05, 0.1) is 6.20 Å². The molecule has 4 rings (SSSR count). The van der Waals surface area contributed by atoms with Gasteiger partial charge in [-0.3, -0.25) is 19.0 Å². The minimum Gasteiger partial charge on any atom is -0.374 e. The Balaban J connectivity index is 1.32. The number of nitrogens with zero attached hydrogens (tertiary/aromatic N) is 5. The summed E-state index contributed by atoms with van der Waals surface area (Å²) in [5.41, 5.74) is 2.27. The molecule has 1 N–H and O–H groups in total. The van der Waals surface area contributed by atoms with Crippen molar-refractivity contribution in [1.29, 1.82) is 0 Å². The first-order valence-corrected chi connectivity index (χ1v) is 10.2. The van der Waals surface area contributed by atoms with Crippen LogP contribution in [0.15, 0.2) is 55.1 Å². The lowest BCUT2D eigenvalue weighted by Crippen LogP contribution is -2.40. The molecule has 8 nitrogen and oxygen atoms in total. The number of likely N-dealkylation sites (tertiary alicyclic amines) is 1. The van der Waals surface area contributed by atoms with Gasteiger partial charge in [0.1, 0.15) is 11.3 Å². The lowest BCUT2D eigenvalue weighted by Gasteiger charge is -2.24. The fraction of sp³-hybridized carbons (Fsp3) is 0.364. The Morgan fingerprint density at radius 1 is 1.23 bits per heavy atom. The van der Waals surface area contributed by atoms with E-state index in [0.717, 1.165) is 17.8 Å². The van der Waals surface area contributed by atoms with Crippen LogP contribution in [0.2, 0.25) is 0 Å². The smallest absolute Gasteiger partial charge is 0.270 e. The van der Waals surface area contributed by atoms with E-state index in [1.165, 1.54) is 0 Å². The first-order valence-electron chi connectivity index (χ1n) is 10.2. The molecule has 2 unspecified atom stereocenters. The Kier molecular flexibility index (Phi) is 5.65. The van der Waals surface area contributed by atoms with Crippen molar-refractivity contribution in [2.75, 3.05) is 25.0 Å². The van der Waals surface area contributed by atoms with E-state index in [0.29, 0.717) is 25.2 Å². The van der Waals surface area contributed by atoms with Gasteiger partial charge in [-0.25, -0.2) is 4.98 Å². The Morgan fingerprint density at radius 2 is 2.03 bits per heavy atom. The van der Waals surface area contributed by atoms with Gasteiger partial charge >= 0.3 is 0 Å². The number of hydrogen-bond acceptors (Lipinski definition) is 5. The lowest BCUT2D eigenvalue weighted by atomic mass is 10.2. The number of nitrogens with one attached hydrogen (secondary N) is 1. The van der Waals surface area contributed by atoms with E-state index in [-0.39, 0.29) is 23.9 Å². The molecule has 0 saturated carbocycles. The van der Waals surface area contributed by atoms with Gasteiger partial charge in [0.25, 0.3) is 5.91 Å². The molecule has 2 amide bonds. The third-order valence-electron chi connectivity index (χ3n) is 5.64. The van der Waals surface area contributed by atoms with Crippen molar-refractivity contribution in [3.8, 4) is 0 Å². The van der Waals surface area contributed by atoms with Crippen molar-refractivity contribution in [3.05, 3.63) is 60.8 Å². The maximum atomic E-state index is 12.8. The summed E-state index contributed by atoms with van der Waals surface area (Å²) >= 11 is 0. The average molecular weight is 406 g/mol. The van der Waals surface area contributed by atoms with Crippen LogP contribution in [0.1, 0.15) is 30.3 Å². The molecule has 0 spiro atoms. The second-order valence-electron chi connectivity index (χ2n) is 7.75. The Bertz CT molecular complexity index is 1030. The number of anilines is 1. The maximum absolute atomic E-state index is 12.8. The molecule has 3 aromatic rings. The molecule has 4 heterocycles. The van der Waals surface area contributed by atoms with Crippen molar-refractivity contribution in [1.82, 2.24) is 24.6 Å². The van der Waals surface area contributed by atoms with Gasteiger partial charge in [0, 0.05) is 62.9 Å². The third kappa shape index (κ3) is 4.12. The quantitative estimate of drug-likeness (QED) is 0.677. The first kappa shape index (κ1) is 19.9. The summed E-state index contributed by atoms with van der Waals surface area (Å²) in [6, 6.07) is 9.49. The highest BCUT2D eigenvalue weighted by Gasteiger charge is 2.33. The minimum atomic E-state index is -0.169. The van der Waals surface area contributed by atoms with Crippen LogP contribution >= 0.6 is 0 Å². The van der Waals surface area contributed by atoms with Gasteiger partial charge in [0.2, 0.25) is 5.91 Å². The first-order chi connectivity index (χ1) is 14.5. The molecular formula is C22H26N6O2. The summed E-state index contributed by atoms with van der Waals surface area (Å²) in [6.07, 6.45) is 8.07. The molecule has 0 aliphatic carbocycles. The zero-order valence-electron chi connectivity index (χ0n) is 17.2. The number of imidazole rings is 1. The van der Waals surface area contributed by atoms with Crippen LogP contribution in [0.4, 0.5) is 5.69 Å². The molecule has 0 aromatic carbocycles. The van der Waals surface area contributed by atoms with Crippen molar-refractivity contribution >= 4 is 23.1 Å². The second kappa shape index (κ2) is 8.52.